The van der Waals surface area contributed by atoms with Crippen LogP contribution in [0.3, 0.4) is 0 Å². The third-order valence-corrected chi connectivity index (χ3v) is 7.09. The Hall–Kier alpha value is -0.0400. The molecule has 0 aliphatic heterocycles. The van der Waals surface area contributed by atoms with Crippen LogP contribution in [0.4, 0.5) is 0 Å². The Kier molecular flexibility index (Phi) is 2.60. The average Bonchev–Trinajstić information content (AvgIpc) is 3.09. The zero-order valence-corrected chi connectivity index (χ0v) is 12.1. The molecule has 1 nitrogen and oxygen atoms in total. The molecule has 0 aromatic heterocycles. The molecule has 0 heterocycles. The highest BCUT2D eigenvalue weighted by Gasteiger charge is 2.61. The van der Waals surface area contributed by atoms with Crippen LogP contribution in [0.2, 0.25) is 0 Å². The molecule has 0 saturated heterocycles. The second-order valence-electron chi connectivity index (χ2n) is 7.97. The van der Waals surface area contributed by atoms with Gasteiger partial charge in [-0.1, -0.05) is 6.92 Å². The van der Waals surface area contributed by atoms with Crippen LogP contribution in [0.25, 0.3) is 0 Å². The van der Waals surface area contributed by atoms with E-state index in [1.807, 2.05) is 0 Å². The van der Waals surface area contributed by atoms with Gasteiger partial charge in [0.2, 0.25) is 0 Å². The molecule has 1 atom stereocenters. The molecule has 0 spiro atoms. The molecule has 5 aliphatic rings. The first-order valence-electron chi connectivity index (χ1n) is 8.46. The summed E-state index contributed by atoms with van der Waals surface area (Å²) in [5, 5.41) is 3.76. The minimum absolute atomic E-state index is 0.721. The quantitative estimate of drug-likeness (QED) is 0.796. The van der Waals surface area contributed by atoms with Gasteiger partial charge in [-0.05, 0) is 93.4 Å². The maximum absolute atomic E-state index is 3.76. The topological polar surface area (TPSA) is 12.0 Å². The summed E-state index contributed by atoms with van der Waals surface area (Å²) in [5.41, 5.74) is 0.721. The fourth-order valence-corrected chi connectivity index (χ4v) is 6.57. The maximum Gasteiger partial charge on any atom is 0.00979 e. The van der Waals surface area contributed by atoms with E-state index in [1.54, 1.807) is 32.1 Å². The van der Waals surface area contributed by atoms with Crippen molar-refractivity contribution in [3.63, 3.8) is 0 Å². The van der Waals surface area contributed by atoms with Gasteiger partial charge in [0, 0.05) is 6.04 Å². The van der Waals surface area contributed by atoms with Gasteiger partial charge in [0.05, 0.1) is 0 Å². The summed E-state index contributed by atoms with van der Waals surface area (Å²) < 4.78 is 0. The standard InChI is InChI=1S/C17H29N/c1-3-18-11(2)17(4-5-17)16-14-7-12-6-13(9-14)10-15(16)8-12/h11-16,18H,3-10H2,1-2H3. The lowest BCUT2D eigenvalue weighted by Gasteiger charge is -2.58. The third kappa shape index (κ3) is 1.55. The summed E-state index contributed by atoms with van der Waals surface area (Å²) >= 11 is 0. The van der Waals surface area contributed by atoms with E-state index in [1.165, 1.54) is 12.8 Å². The van der Waals surface area contributed by atoms with Crippen molar-refractivity contribution < 1.29 is 0 Å². The van der Waals surface area contributed by atoms with Gasteiger partial charge in [0.1, 0.15) is 0 Å². The molecule has 0 radical (unpaired) electrons. The molecule has 5 fully saturated rings. The Morgan fingerprint density at radius 1 is 1.00 bits per heavy atom. The van der Waals surface area contributed by atoms with Gasteiger partial charge in [-0.3, -0.25) is 0 Å². The summed E-state index contributed by atoms with van der Waals surface area (Å²) in [6.07, 6.45) is 11.0. The molecule has 18 heavy (non-hydrogen) atoms. The lowest BCUT2D eigenvalue weighted by Crippen LogP contribution is -2.52. The summed E-state index contributed by atoms with van der Waals surface area (Å²) in [6.45, 7) is 5.89. The van der Waals surface area contributed by atoms with Crippen LogP contribution in [0, 0.1) is 35.0 Å². The normalized spacial score (nSPS) is 49.3. The van der Waals surface area contributed by atoms with Crippen LogP contribution < -0.4 is 5.32 Å². The molecule has 0 aromatic rings. The minimum atomic E-state index is 0.721. The highest BCUT2D eigenvalue weighted by molar-refractivity contribution is 5.12. The van der Waals surface area contributed by atoms with E-state index in [0.717, 1.165) is 47.6 Å². The predicted molar refractivity (Wildman–Crippen MR) is 75.3 cm³/mol. The fourth-order valence-electron chi connectivity index (χ4n) is 6.57. The molecule has 5 saturated carbocycles. The summed E-state index contributed by atoms with van der Waals surface area (Å²) in [5.74, 6) is 5.59. The zero-order chi connectivity index (χ0) is 12.3. The largest absolute Gasteiger partial charge is 0.314 e. The summed E-state index contributed by atoms with van der Waals surface area (Å²) in [7, 11) is 0. The fraction of sp³-hybridized carbons (Fsp3) is 1.00. The second-order valence-corrected chi connectivity index (χ2v) is 7.97. The first-order valence-corrected chi connectivity index (χ1v) is 8.46. The molecular weight excluding hydrogens is 218 g/mol. The Labute approximate surface area is 112 Å². The van der Waals surface area contributed by atoms with Gasteiger partial charge in [-0.15, -0.1) is 0 Å². The van der Waals surface area contributed by atoms with Crippen LogP contribution in [0.5, 0.6) is 0 Å². The van der Waals surface area contributed by atoms with E-state index in [2.05, 4.69) is 19.2 Å². The monoisotopic (exact) mass is 247 g/mol. The van der Waals surface area contributed by atoms with E-state index in [9.17, 15) is 0 Å². The Morgan fingerprint density at radius 2 is 1.56 bits per heavy atom. The van der Waals surface area contributed by atoms with E-state index in [4.69, 9.17) is 0 Å². The lowest BCUT2D eigenvalue weighted by atomic mass is 9.48. The third-order valence-electron chi connectivity index (χ3n) is 7.09. The number of rotatable bonds is 4. The van der Waals surface area contributed by atoms with Crippen molar-refractivity contribution in [2.75, 3.05) is 6.54 Å². The Bertz CT molecular complexity index is 303. The van der Waals surface area contributed by atoms with E-state index in [-0.39, 0.29) is 0 Å². The minimum Gasteiger partial charge on any atom is -0.314 e. The average molecular weight is 247 g/mol. The molecule has 5 rings (SSSR count). The SMILES string of the molecule is CCNC(C)C1(C2C3CC4CC(C3)CC2C4)CC1. The van der Waals surface area contributed by atoms with Gasteiger partial charge in [0.15, 0.2) is 0 Å². The molecule has 0 amide bonds. The van der Waals surface area contributed by atoms with Crippen LogP contribution in [-0.4, -0.2) is 12.6 Å². The van der Waals surface area contributed by atoms with E-state index < -0.39 is 0 Å². The van der Waals surface area contributed by atoms with Gasteiger partial charge in [-0.25, -0.2) is 0 Å². The summed E-state index contributed by atoms with van der Waals surface area (Å²) in [4.78, 5) is 0. The molecule has 1 N–H and O–H groups in total. The lowest BCUT2D eigenvalue weighted by molar-refractivity contribution is -0.0753. The smallest absolute Gasteiger partial charge is 0.00979 e. The van der Waals surface area contributed by atoms with Crippen molar-refractivity contribution in [2.24, 2.45) is 35.0 Å². The van der Waals surface area contributed by atoms with Gasteiger partial charge < -0.3 is 5.32 Å². The number of hydrogen-bond acceptors (Lipinski definition) is 1. The van der Waals surface area contributed by atoms with Crippen molar-refractivity contribution in [3.8, 4) is 0 Å². The van der Waals surface area contributed by atoms with Crippen LogP contribution >= 0.6 is 0 Å². The Morgan fingerprint density at radius 3 is 2.00 bits per heavy atom. The molecule has 5 aliphatic carbocycles. The molecular formula is C17H29N. The molecule has 4 bridgehead atoms. The first kappa shape index (κ1) is 11.8. The predicted octanol–water partition coefficient (Wildman–Crippen LogP) is 3.84. The van der Waals surface area contributed by atoms with Crippen molar-refractivity contribution in [3.05, 3.63) is 0 Å². The molecule has 0 aromatic carbocycles. The molecule has 1 unspecified atom stereocenters. The van der Waals surface area contributed by atoms with Crippen LogP contribution in [0.1, 0.15) is 58.8 Å². The van der Waals surface area contributed by atoms with Crippen LogP contribution in [-0.2, 0) is 0 Å². The van der Waals surface area contributed by atoms with Crippen molar-refractivity contribution in [2.45, 2.75) is 64.8 Å². The van der Waals surface area contributed by atoms with Gasteiger partial charge in [0.25, 0.3) is 0 Å². The Balaban J connectivity index is 1.58. The molecule has 1 heteroatoms. The highest BCUT2D eigenvalue weighted by atomic mass is 14.9. The van der Waals surface area contributed by atoms with Crippen molar-refractivity contribution >= 4 is 0 Å². The van der Waals surface area contributed by atoms with Crippen molar-refractivity contribution in [1.82, 2.24) is 5.32 Å². The summed E-state index contributed by atoms with van der Waals surface area (Å²) in [6, 6.07) is 0.769. The highest BCUT2D eigenvalue weighted by Crippen LogP contribution is 2.68. The molecule has 102 valence electrons. The second kappa shape index (κ2) is 3.98. The number of nitrogens with one attached hydrogen (secondary N) is 1. The number of hydrogen-bond donors (Lipinski definition) is 1. The van der Waals surface area contributed by atoms with Gasteiger partial charge >= 0.3 is 0 Å². The van der Waals surface area contributed by atoms with Crippen LogP contribution in [0.15, 0.2) is 0 Å². The zero-order valence-electron chi connectivity index (χ0n) is 12.1. The maximum atomic E-state index is 3.76. The van der Waals surface area contributed by atoms with E-state index >= 15 is 0 Å². The first-order chi connectivity index (χ1) is 8.73. The van der Waals surface area contributed by atoms with Crippen molar-refractivity contribution in [1.29, 1.82) is 0 Å². The van der Waals surface area contributed by atoms with Gasteiger partial charge in [-0.2, -0.15) is 0 Å². The van der Waals surface area contributed by atoms with E-state index in [0.29, 0.717) is 0 Å².